The summed E-state index contributed by atoms with van der Waals surface area (Å²) in [7, 11) is 0. The van der Waals surface area contributed by atoms with Crippen LogP contribution in [0.25, 0.3) is 0 Å². The molecule has 2 aliphatic rings. The number of hydrogen-bond acceptors (Lipinski definition) is 3. The second kappa shape index (κ2) is 5.05. The van der Waals surface area contributed by atoms with Crippen LogP contribution in [0.1, 0.15) is 24.8 Å². The van der Waals surface area contributed by atoms with Crippen molar-refractivity contribution in [2.75, 3.05) is 11.9 Å². The molecule has 1 saturated heterocycles. The maximum absolute atomic E-state index is 12.5. The normalized spacial score (nSPS) is 22.8. The van der Waals surface area contributed by atoms with E-state index in [9.17, 15) is 18.0 Å². The van der Waals surface area contributed by atoms with E-state index in [0.717, 1.165) is 25.1 Å². The first-order valence-electron chi connectivity index (χ1n) is 6.63. The maximum atomic E-state index is 12.5. The van der Waals surface area contributed by atoms with Gasteiger partial charge in [-0.2, -0.15) is 13.2 Å². The molecule has 0 bridgehead atoms. The van der Waals surface area contributed by atoms with Crippen LogP contribution in [0.4, 0.5) is 19.0 Å². The molecule has 1 aromatic heterocycles. The number of nitrogens with one attached hydrogen (secondary N) is 1. The van der Waals surface area contributed by atoms with Gasteiger partial charge in [0.2, 0.25) is 5.91 Å². The molecule has 0 spiro atoms. The number of carbonyl (C=O) groups is 1. The van der Waals surface area contributed by atoms with Gasteiger partial charge in [-0.05, 0) is 18.9 Å². The topological polar surface area (TPSA) is 45.2 Å². The second-order valence-electron chi connectivity index (χ2n) is 5.37. The molecule has 1 unspecified atom stereocenters. The molecule has 1 aliphatic heterocycles. The molecule has 1 atom stereocenters. The van der Waals surface area contributed by atoms with E-state index in [2.05, 4.69) is 10.3 Å². The number of rotatable bonds is 3. The smallest absolute Gasteiger partial charge is 0.364 e. The van der Waals surface area contributed by atoms with Crippen molar-refractivity contribution in [1.29, 1.82) is 0 Å². The van der Waals surface area contributed by atoms with Crippen molar-refractivity contribution >= 4 is 23.3 Å². The van der Waals surface area contributed by atoms with Gasteiger partial charge in [0, 0.05) is 25.2 Å². The highest BCUT2D eigenvalue weighted by atomic mass is 35.5. The molecule has 3 rings (SSSR count). The van der Waals surface area contributed by atoms with Crippen LogP contribution in [0.2, 0.25) is 5.02 Å². The van der Waals surface area contributed by atoms with E-state index < -0.39 is 11.7 Å². The molecule has 8 heteroatoms. The molecule has 21 heavy (non-hydrogen) atoms. The van der Waals surface area contributed by atoms with Crippen molar-refractivity contribution in [3.8, 4) is 0 Å². The Balaban J connectivity index is 1.69. The Morgan fingerprint density at radius 3 is 2.67 bits per heavy atom. The number of hydrogen-bond donors (Lipinski definition) is 1. The van der Waals surface area contributed by atoms with Gasteiger partial charge in [0.1, 0.15) is 5.82 Å². The molecule has 1 saturated carbocycles. The standard InChI is InChI=1S/C13H13ClF3N3O/c14-10-3-7(13(15,16)17)5-18-12(10)19-8-4-11(21)20(6-8)9-1-2-9/h3,5,8-9H,1-2,4,6H2,(H,18,19). The lowest BCUT2D eigenvalue weighted by molar-refractivity contribution is -0.137. The van der Waals surface area contributed by atoms with Crippen LogP contribution in [0, 0.1) is 0 Å². The second-order valence-corrected chi connectivity index (χ2v) is 5.78. The minimum Gasteiger partial charge on any atom is -0.364 e. The third-order valence-corrected chi connectivity index (χ3v) is 3.94. The van der Waals surface area contributed by atoms with Gasteiger partial charge in [-0.15, -0.1) is 0 Å². The summed E-state index contributed by atoms with van der Waals surface area (Å²) in [6, 6.07) is 1.01. The Morgan fingerprint density at radius 1 is 1.38 bits per heavy atom. The number of halogens is 4. The number of amides is 1. The highest BCUT2D eigenvalue weighted by molar-refractivity contribution is 6.33. The highest BCUT2D eigenvalue weighted by Crippen LogP contribution is 2.34. The average Bonchev–Trinajstić information content (AvgIpc) is 3.15. The van der Waals surface area contributed by atoms with Crippen LogP contribution in [0.5, 0.6) is 0 Å². The molecule has 114 valence electrons. The summed E-state index contributed by atoms with van der Waals surface area (Å²) < 4.78 is 37.6. The van der Waals surface area contributed by atoms with E-state index in [4.69, 9.17) is 11.6 Å². The lowest BCUT2D eigenvalue weighted by Crippen LogP contribution is -2.30. The summed E-state index contributed by atoms with van der Waals surface area (Å²) >= 11 is 5.84. The molecule has 4 nitrogen and oxygen atoms in total. The van der Waals surface area contributed by atoms with E-state index in [0.29, 0.717) is 19.0 Å². The largest absolute Gasteiger partial charge is 0.417 e. The molecule has 2 heterocycles. The number of pyridine rings is 1. The molecular formula is C13H13ClF3N3O. The molecule has 1 aromatic rings. The molecular weight excluding hydrogens is 307 g/mol. The van der Waals surface area contributed by atoms with Gasteiger partial charge in [0.05, 0.1) is 16.6 Å². The average molecular weight is 320 g/mol. The van der Waals surface area contributed by atoms with Crippen molar-refractivity contribution in [2.24, 2.45) is 0 Å². The number of anilines is 1. The van der Waals surface area contributed by atoms with Gasteiger partial charge in [-0.25, -0.2) is 4.98 Å². The summed E-state index contributed by atoms with van der Waals surface area (Å²) in [5.41, 5.74) is -0.889. The molecule has 0 radical (unpaired) electrons. The van der Waals surface area contributed by atoms with Crippen LogP contribution < -0.4 is 5.32 Å². The van der Waals surface area contributed by atoms with Crippen LogP contribution >= 0.6 is 11.6 Å². The first kappa shape index (κ1) is 14.4. The fourth-order valence-electron chi connectivity index (χ4n) is 2.46. The number of carbonyl (C=O) groups excluding carboxylic acids is 1. The lowest BCUT2D eigenvalue weighted by Gasteiger charge is -2.17. The minimum atomic E-state index is -4.47. The third-order valence-electron chi connectivity index (χ3n) is 3.66. The van der Waals surface area contributed by atoms with Gasteiger partial charge in [0.15, 0.2) is 0 Å². The zero-order valence-electron chi connectivity index (χ0n) is 11.0. The maximum Gasteiger partial charge on any atom is 0.417 e. The Bertz CT molecular complexity index is 574. The van der Waals surface area contributed by atoms with Gasteiger partial charge in [-0.1, -0.05) is 11.6 Å². The van der Waals surface area contributed by atoms with E-state index in [1.54, 1.807) is 0 Å². The molecule has 1 amide bonds. The van der Waals surface area contributed by atoms with Crippen molar-refractivity contribution in [3.63, 3.8) is 0 Å². The fraction of sp³-hybridized carbons (Fsp3) is 0.538. The highest BCUT2D eigenvalue weighted by Gasteiger charge is 2.39. The Kier molecular flexibility index (Phi) is 3.47. The van der Waals surface area contributed by atoms with E-state index >= 15 is 0 Å². The predicted molar refractivity (Wildman–Crippen MR) is 71.0 cm³/mol. The van der Waals surface area contributed by atoms with Gasteiger partial charge in [0.25, 0.3) is 0 Å². The van der Waals surface area contributed by atoms with Crippen LogP contribution in [0.3, 0.4) is 0 Å². The van der Waals surface area contributed by atoms with E-state index in [1.165, 1.54) is 0 Å². The van der Waals surface area contributed by atoms with Crippen LogP contribution in [0.15, 0.2) is 12.3 Å². The van der Waals surface area contributed by atoms with Crippen LogP contribution in [-0.4, -0.2) is 34.4 Å². The Hall–Kier alpha value is -1.50. The Morgan fingerprint density at radius 2 is 2.10 bits per heavy atom. The first-order valence-corrected chi connectivity index (χ1v) is 7.01. The summed E-state index contributed by atoms with van der Waals surface area (Å²) in [6.07, 6.45) is -1.37. The summed E-state index contributed by atoms with van der Waals surface area (Å²) in [6.45, 7) is 0.544. The zero-order valence-corrected chi connectivity index (χ0v) is 11.7. The van der Waals surface area contributed by atoms with Gasteiger partial charge >= 0.3 is 6.18 Å². The minimum absolute atomic E-state index is 0.0676. The lowest BCUT2D eigenvalue weighted by atomic mass is 10.2. The predicted octanol–water partition coefficient (Wildman–Crippen LogP) is 2.93. The van der Waals surface area contributed by atoms with Crippen molar-refractivity contribution in [2.45, 2.75) is 37.5 Å². The molecule has 0 aromatic carbocycles. The summed E-state index contributed by atoms with van der Waals surface area (Å²) in [4.78, 5) is 17.4. The SMILES string of the molecule is O=C1CC(Nc2ncc(C(F)(F)F)cc2Cl)CN1C1CC1. The molecule has 1 aliphatic carbocycles. The summed E-state index contributed by atoms with van der Waals surface area (Å²) in [5.74, 6) is 0.248. The van der Waals surface area contributed by atoms with Crippen LogP contribution in [-0.2, 0) is 11.0 Å². The van der Waals surface area contributed by atoms with E-state index in [-0.39, 0.29) is 22.8 Å². The third kappa shape index (κ3) is 3.07. The monoisotopic (exact) mass is 319 g/mol. The fourth-order valence-corrected chi connectivity index (χ4v) is 2.68. The number of nitrogens with zero attached hydrogens (tertiary/aromatic N) is 2. The summed E-state index contributed by atoms with van der Waals surface area (Å²) in [5, 5.41) is 2.86. The molecule has 2 fully saturated rings. The quantitative estimate of drug-likeness (QED) is 0.931. The first-order chi connectivity index (χ1) is 9.84. The number of alkyl halides is 3. The molecule has 1 N–H and O–H groups in total. The number of likely N-dealkylation sites (tertiary alicyclic amines) is 1. The van der Waals surface area contributed by atoms with Crippen molar-refractivity contribution in [3.05, 3.63) is 22.8 Å². The van der Waals surface area contributed by atoms with Crippen molar-refractivity contribution < 1.29 is 18.0 Å². The Labute approximate surface area is 124 Å². The van der Waals surface area contributed by atoms with Gasteiger partial charge < -0.3 is 10.2 Å². The van der Waals surface area contributed by atoms with Crippen molar-refractivity contribution in [1.82, 2.24) is 9.88 Å². The van der Waals surface area contributed by atoms with E-state index in [1.807, 2.05) is 4.90 Å². The zero-order chi connectivity index (χ0) is 15.2. The number of aromatic nitrogens is 1. The van der Waals surface area contributed by atoms with Gasteiger partial charge in [-0.3, -0.25) is 4.79 Å².